The van der Waals surface area contributed by atoms with E-state index in [-0.39, 0.29) is 16.6 Å². The molecule has 0 aliphatic carbocycles. The Kier molecular flexibility index (Phi) is 5.87. The Morgan fingerprint density at radius 2 is 2.05 bits per heavy atom. The fraction of sp³-hybridized carbons (Fsp3) is 0.455. The largest absolute Gasteiger partial charge is 0.573 e. The summed E-state index contributed by atoms with van der Waals surface area (Å²) >= 11 is 2.89. The SMILES string of the molecule is COC(=O)Cc1ncc(OC(F)(F)F)c(C(F)F)c1CBr. The van der Waals surface area contributed by atoms with Crippen LogP contribution in [0.3, 0.4) is 0 Å². The van der Waals surface area contributed by atoms with E-state index in [2.05, 4.69) is 30.4 Å². The molecule has 4 nitrogen and oxygen atoms in total. The van der Waals surface area contributed by atoms with Crippen LogP contribution >= 0.6 is 15.9 Å². The van der Waals surface area contributed by atoms with Crippen molar-refractivity contribution in [2.75, 3.05) is 7.11 Å². The number of hydrogen-bond acceptors (Lipinski definition) is 4. The van der Waals surface area contributed by atoms with Crippen LogP contribution in [0.2, 0.25) is 0 Å². The molecular weight excluding hydrogens is 369 g/mol. The van der Waals surface area contributed by atoms with Crippen molar-refractivity contribution < 1.29 is 36.2 Å². The highest BCUT2D eigenvalue weighted by atomic mass is 79.9. The predicted octanol–water partition coefficient (Wildman–Crippen LogP) is 3.53. The number of esters is 1. The van der Waals surface area contributed by atoms with Gasteiger partial charge in [0.2, 0.25) is 0 Å². The number of carbonyl (C=O) groups is 1. The van der Waals surface area contributed by atoms with Crippen LogP contribution in [0.25, 0.3) is 0 Å². The zero-order chi connectivity index (χ0) is 16.2. The molecule has 0 unspecified atom stereocenters. The minimum atomic E-state index is -5.13. The van der Waals surface area contributed by atoms with Gasteiger partial charge in [-0.05, 0) is 5.56 Å². The number of methoxy groups -OCH3 is 1. The van der Waals surface area contributed by atoms with Crippen LogP contribution in [0.1, 0.15) is 23.2 Å². The number of rotatable bonds is 5. The smallest absolute Gasteiger partial charge is 0.469 e. The minimum Gasteiger partial charge on any atom is -0.469 e. The maximum absolute atomic E-state index is 13.0. The quantitative estimate of drug-likeness (QED) is 0.447. The van der Waals surface area contributed by atoms with Crippen molar-refractivity contribution in [3.63, 3.8) is 0 Å². The third-order valence-corrected chi connectivity index (χ3v) is 2.95. The second kappa shape index (κ2) is 7.01. The summed E-state index contributed by atoms with van der Waals surface area (Å²) in [6, 6.07) is 0. The van der Waals surface area contributed by atoms with Gasteiger partial charge in [0.1, 0.15) is 0 Å². The van der Waals surface area contributed by atoms with Crippen molar-refractivity contribution in [1.82, 2.24) is 4.98 Å². The molecule has 0 aliphatic rings. The summed E-state index contributed by atoms with van der Waals surface area (Å²) in [5.41, 5.74) is -1.31. The number of ether oxygens (including phenoxy) is 2. The van der Waals surface area contributed by atoms with E-state index in [9.17, 15) is 26.7 Å². The molecule has 1 aromatic heterocycles. The van der Waals surface area contributed by atoms with Gasteiger partial charge >= 0.3 is 12.3 Å². The molecule has 118 valence electrons. The number of hydrogen-bond donors (Lipinski definition) is 0. The Bertz CT molecular complexity index is 521. The van der Waals surface area contributed by atoms with Gasteiger partial charge in [-0.2, -0.15) is 0 Å². The molecule has 1 rings (SSSR count). The average Bonchev–Trinajstić information content (AvgIpc) is 2.37. The van der Waals surface area contributed by atoms with Crippen molar-refractivity contribution in [1.29, 1.82) is 0 Å². The molecule has 0 aliphatic heterocycles. The van der Waals surface area contributed by atoms with Crippen LogP contribution in [0.5, 0.6) is 5.75 Å². The van der Waals surface area contributed by atoms with E-state index >= 15 is 0 Å². The van der Waals surface area contributed by atoms with Crippen LogP contribution in [0.4, 0.5) is 22.0 Å². The van der Waals surface area contributed by atoms with E-state index in [4.69, 9.17) is 0 Å². The Morgan fingerprint density at radius 1 is 1.43 bits per heavy atom. The Morgan fingerprint density at radius 3 is 2.48 bits per heavy atom. The normalized spacial score (nSPS) is 11.6. The lowest BCUT2D eigenvalue weighted by Gasteiger charge is -2.17. The van der Waals surface area contributed by atoms with Gasteiger partial charge in [-0.25, -0.2) is 8.78 Å². The summed E-state index contributed by atoms with van der Waals surface area (Å²) in [7, 11) is 1.09. The fourth-order valence-corrected chi connectivity index (χ4v) is 2.17. The van der Waals surface area contributed by atoms with Crippen molar-refractivity contribution in [3.8, 4) is 5.75 Å². The molecule has 0 atom stereocenters. The highest BCUT2D eigenvalue weighted by Gasteiger charge is 2.35. The first-order valence-corrected chi connectivity index (χ1v) is 6.49. The number of carbonyl (C=O) groups excluding carboxylic acids is 1. The Labute approximate surface area is 124 Å². The average molecular weight is 378 g/mol. The monoisotopic (exact) mass is 377 g/mol. The lowest BCUT2D eigenvalue weighted by Crippen LogP contribution is -2.20. The third-order valence-electron chi connectivity index (χ3n) is 2.39. The van der Waals surface area contributed by atoms with Crippen molar-refractivity contribution in [3.05, 3.63) is 23.0 Å². The van der Waals surface area contributed by atoms with Crippen LogP contribution in [-0.4, -0.2) is 24.4 Å². The van der Waals surface area contributed by atoms with Gasteiger partial charge in [0, 0.05) is 5.33 Å². The lowest BCUT2D eigenvalue weighted by atomic mass is 10.1. The molecule has 0 aromatic carbocycles. The molecule has 0 saturated carbocycles. The van der Waals surface area contributed by atoms with Gasteiger partial charge in [-0.3, -0.25) is 9.78 Å². The standard InChI is InChI=1S/C11H9BrF5NO3/c1-20-8(19)2-6-5(3-12)9(10(13)14)7(4-18-6)21-11(15,16)17/h4,10H,2-3H2,1H3. The van der Waals surface area contributed by atoms with E-state index in [0.29, 0.717) is 6.20 Å². The highest BCUT2D eigenvalue weighted by molar-refractivity contribution is 9.08. The summed E-state index contributed by atoms with van der Waals surface area (Å²) in [5.74, 6) is -1.85. The van der Waals surface area contributed by atoms with E-state index in [1.54, 1.807) is 0 Å². The van der Waals surface area contributed by atoms with E-state index in [1.807, 2.05) is 0 Å². The molecule has 0 radical (unpaired) electrons. The second-order valence-electron chi connectivity index (χ2n) is 3.70. The predicted molar refractivity (Wildman–Crippen MR) is 64.2 cm³/mol. The molecule has 21 heavy (non-hydrogen) atoms. The lowest BCUT2D eigenvalue weighted by molar-refractivity contribution is -0.275. The van der Waals surface area contributed by atoms with Gasteiger partial charge in [0.15, 0.2) is 5.75 Å². The molecule has 0 saturated heterocycles. The number of nitrogens with zero attached hydrogens (tertiary/aromatic N) is 1. The van der Waals surface area contributed by atoms with E-state index < -0.39 is 36.5 Å². The molecule has 0 bridgehead atoms. The van der Waals surface area contributed by atoms with E-state index in [1.165, 1.54) is 0 Å². The molecule has 1 heterocycles. The minimum absolute atomic E-state index is 0.108. The van der Waals surface area contributed by atoms with Gasteiger partial charge in [0.25, 0.3) is 6.43 Å². The van der Waals surface area contributed by atoms with Crippen LogP contribution in [0, 0.1) is 0 Å². The summed E-state index contributed by atoms with van der Waals surface area (Å²) in [4.78, 5) is 14.7. The number of halogens is 6. The molecular formula is C11H9BrF5NO3. The van der Waals surface area contributed by atoms with Gasteiger partial charge in [-0.15, -0.1) is 13.2 Å². The summed E-state index contributed by atoms with van der Waals surface area (Å²) in [5, 5.41) is -0.221. The first kappa shape index (κ1) is 17.6. The molecule has 10 heteroatoms. The first-order valence-electron chi connectivity index (χ1n) is 5.37. The molecule has 1 aromatic rings. The zero-order valence-corrected chi connectivity index (χ0v) is 12.1. The summed E-state index contributed by atoms with van der Waals surface area (Å²) < 4.78 is 70.6. The van der Waals surface area contributed by atoms with Gasteiger partial charge < -0.3 is 9.47 Å². The molecule has 0 spiro atoms. The third kappa shape index (κ3) is 4.80. The maximum atomic E-state index is 13.0. The Hall–Kier alpha value is -1.45. The van der Waals surface area contributed by atoms with Crippen molar-refractivity contribution in [2.24, 2.45) is 0 Å². The van der Waals surface area contributed by atoms with Crippen LogP contribution in [0.15, 0.2) is 6.20 Å². The topological polar surface area (TPSA) is 48.4 Å². The molecule has 0 fully saturated rings. The van der Waals surface area contributed by atoms with Crippen LogP contribution < -0.4 is 4.74 Å². The van der Waals surface area contributed by atoms with Gasteiger partial charge in [0.05, 0.1) is 31.0 Å². The summed E-state index contributed by atoms with van der Waals surface area (Å²) in [6.45, 7) is 0. The molecule has 0 amide bonds. The Balaban J connectivity index is 3.34. The second-order valence-corrected chi connectivity index (χ2v) is 4.26. The number of aromatic nitrogens is 1. The first-order chi connectivity index (χ1) is 9.69. The number of pyridine rings is 1. The maximum Gasteiger partial charge on any atom is 0.573 e. The van der Waals surface area contributed by atoms with E-state index in [0.717, 1.165) is 7.11 Å². The van der Waals surface area contributed by atoms with Crippen LogP contribution in [-0.2, 0) is 21.3 Å². The zero-order valence-electron chi connectivity index (χ0n) is 10.5. The fourth-order valence-electron chi connectivity index (χ4n) is 1.54. The number of alkyl halides is 6. The van der Waals surface area contributed by atoms with Crippen molar-refractivity contribution in [2.45, 2.75) is 24.5 Å². The summed E-state index contributed by atoms with van der Waals surface area (Å²) in [6.07, 6.45) is -8.28. The van der Waals surface area contributed by atoms with Gasteiger partial charge in [-0.1, -0.05) is 15.9 Å². The van der Waals surface area contributed by atoms with Crippen molar-refractivity contribution >= 4 is 21.9 Å². The molecule has 0 N–H and O–H groups in total. The highest BCUT2D eigenvalue weighted by Crippen LogP contribution is 2.37.